The summed E-state index contributed by atoms with van der Waals surface area (Å²) in [6.07, 6.45) is 0.700. The van der Waals surface area contributed by atoms with Crippen molar-refractivity contribution in [2.45, 2.75) is 45.8 Å². The number of carbonyl (C=O) groups excluding carboxylic acids is 2. The van der Waals surface area contributed by atoms with Crippen LogP contribution in [0.5, 0.6) is 0 Å². The average Bonchev–Trinajstić information content (AvgIpc) is 2.62. The molecule has 0 saturated carbocycles. The smallest absolute Gasteiger partial charge is 0.338 e. The molecule has 3 rings (SSSR count). The molecule has 0 saturated heterocycles. The lowest BCUT2D eigenvalue weighted by Crippen LogP contribution is -2.43. The molecule has 0 spiro atoms. The summed E-state index contributed by atoms with van der Waals surface area (Å²) in [5, 5.41) is 0. The number of carbonyl (C=O) groups is 2. The van der Waals surface area contributed by atoms with Crippen molar-refractivity contribution in [3.05, 3.63) is 65.2 Å². The molecule has 1 heterocycles. The third-order valence-corrected chi connectivity index (χ3v) is 4.62. The number of anilines is 1. The SMILES string of the molecule is CCC(=O)N1c2ccc(C)cc2[C@H](OC(=O)c2ccccc2)C[C@H]1C. The minimum Gasteiger partial charge on any atom is -0.454 e. The third-order valence-electron chi connectivity index (χ3n) is 4.62. The second-order valence-electron chi connectivity index (χ2n) is 6.52. The Morgan fingerprint density at radius 2 is 1.88 bits per heavy atom. The van der Waals surface area contributed by atoms with Crippen LogP contribution in [-0.4, -0.2) is 17.9 Å². The average molecular weight is 337 g/mol. The van der Waals surface area contributed by atoms with Crippen LogP contribution in [-0.2, 0) is 9.53 Å². The van der Waals surface area contributed by atoms with Gasteiger partial charge < -0.3 is 9.64 Å². The summed E-state index contributed by atoms with van der Waals surface area (Å²) >= 11 is 0. The van der Waals surface area contributed by atoms with Crippen molar-refractivity contribution in [2.75, 3.05) is 4.90 Å². The Kier molecular flexibility index (Phi) is 4.88. The Hall–Kier alpha value is -2.62. The number of fused-ring (bicyclic) bond motifs is 1. The molecular weight excluding hydrogens is 314 g/mol. The quantitative estimate of drug-likeness (QED) is 0.779. The van der Waals surface area contributed by atoms with Crippen LogP contribution in [0.4, 0.5) is 5.69 Å². The van der Waals surface area contributed by atoms with Crippen LogP contribution >= 0.6 is 0 Å². The van der Waals surface area contributed by atoms with Crippen molar-refractivity contribution in [3.63, 3.8) is 0 Å². The lowest BCUT2D eigenvalue weighted by atomic mass is 9.92. The van der Waals surface area contributed by atoms with Crippen LogP contribution in [0.15, 0.2) is 48.5 Å². The van der Waals surface area contributed by atoms with E-state index < -0.39 is 0 Å². The van der Waals surface area contributed by atoms with Crippen LogP contribution in [0.3, 0.4) is 0 Å². The van der Waals surface area contributed by atoms with Gasteiger partial charge in [0.1, 0.15) is 6.10 Å². The van der Waals surface area contributed by atoms with Crippen LogP contribution in [0.25, 0.3) is 0 Å². The lowest BCUT2D eigenvalue weighted by Gasteiger charge is -2.39. The standard InChI is InChI=1S/C21H23NO3/c1-4-20(23)22-15(3)13-19(17-12-14(2)10-11-18(17)22)25-21(24)16-8-6-5-7-9-16/h5-12,15,19H,4,13H2,1-3H3/t15-,19-/m1/s1. The number of ether oxygens (including phenoxy) is 1. The predicted octanol–water partition coefficient (Wildman–Crippen LogP) is 4.43. The maximum absolute atomic E-state index is 12.5. The highest BCUT2D eigenvalue weighted by molar-refractivity contribution is 5.95. The normalized spacial score (nSPS) is 19.2. The molecule has 2 atom stereocenters. The topological polar surface area (TPSA) is 46.6 Å². The highest BCUT2D eigenvalue weighted by atomic mass is 16.5. The Bertz CT molecular complexity index is 785. The number of benzene rings is 2. The third kappa shape index (κ3) is 3.43. The first kappa shape index (κ1) is 17.2. The van der Waals surface area contributed by atoms with E-state index in [0.29, 0.717) is 18.4 Å². The van der Waals surface area contributed by atoms with Crippen molar-refractivity contribution >= 4 is 17.6 Å². The molecule has 130 valence electrons. The van der Waals surface area contributed by atoms with Gasteiger partial charge in [0.25, 0.3) is 0 Å². The summed E-state index contributed by atoms with van der Waals surface area (Å²) < 4.78 is 5.81. The van der Waals surface area contributed by atoms with Crippen molar-refractivity contribution < 1.29 is 14.3 Å². The molecule has 0 radical (unpaired) electrons. The zero-order valence-electron chi connectivity index (χ0n) is 14.9. The summed E-state index contributed by atoms with van der Waals surface area (Å²) in [6.45, 7) is 5.87. The minimum atomic E-state index is -0.349. The lowest BCUT2D eigenvalue weighted by molar-refractivity contribution is -0.119. The highest BCUT2D eigenvalue weighted by Crippen LogP contribution is 2.40. The van der Waals surface area contributed by atoms with Crippen molar-refractivity contribution in [1.29, 1.82) is 0 Å². The molecule has 2 aromatic carbocycles. The fourth-order valence-electron chi connectivity index (χ4n) is 3.36. The fourth-order valence-corrected chi connectivity index (χ4v) is 3.36. The van der Waals surface area contributed by atoms with E-state index in [4.69, 9.17) is 4.74 Å². The predicted molar refractivity (Wildman–Crippen MR) is 97.6 cm³/mol. The zero-order valence-corrected chi connectivity index (χ0v) is 14.9. The van der Waals surface area contributed by atoms with Gasteiger partial charge in [-0.2, -0.15) is 0 Å². The van der Waals surface area contributed by atoms with Gasteiger partial charge >= 0.3 is 5.97 Å². The van der Waals surface area contributed by atoms with E-state index in [1.54, 1.807) is 12.1 Å². The molecule has 4 nitrogen and oxygen atoms in total. The van der Waals surface area contributed by atoms with Crippen molar-refractivity contribution in [1.82, 2.24) is 0 Å². The number of esters is 1. The van der Waals surface area contributed by atoms with Gasteiger partial charge in [0.2, 0.25) is 5.91 Å². The van der Waals surface area contributed by atoms with Gasteiger partial charge in [-0.3, -0.25) is 4.79 Å². The van der Waals surface area contributed by atoms with Crippen LogP contribution < -0.4 is 4.90 Å². The van der Waals surface area contributed by atoms with Gasteiger partial charge in [-0.1, -0.05) is 42.8 Å². The minimum absolute atomic E-state index is 0.0174. The number of hydrogen-bond donors (Lipinski definition) is 0. The largest absolute Gasteiger partial charge is 0.454 e. The Balaban J connectivity index is 1.94. The van der Waals surface area contributed by atoms with Crippen LogP contribution in [0, 0.1) is 6.92 Å². The van der Waals surface area contributed by atoms with Crippen molar-refractivity contribution in [2.24, 2.45) is 0 Å². The summed E-state index contributed by atoms with van der Waals surface area (Å²) in [5.74, 6) is -0.244. The van der Waals surface area contributed by atoms with E-state index in [1.165, 1.54) is 0 Å². The molecule has 0 fully saturated rings. The maximum Gasteiger partial charge on any atom is 0.338 e. The molecule has 1 aliphatic heterocycles. The van der Waals surface area contributed by atoms with Crippen LogP contribution in [0.2, 0.25) is 0 Å². The summed E-state index contributed by atoms with van der Waals surface area (Å²) in [4.78, 5) is 26.7. The van der Waals surface area contributed by atoms with Gasteiger partial charge in [-0.15, -0.1) is 0 Å². The second kappa shape index (κ2) is 7.09. The first-order valence-corrected chi connectivity index (χ1v) is 8.70. The number of amides is 1. The Morgan fingerprint density at radius 3 is 2.56 bits per heavy atom. The highest BCUT2D eigenvalue weighted by Gasteiger charge is 2.35. The molecule has 0 aliphatic carbocycles. The summed E-state index contributed by atoms with van der Waals surface area (Å²) in [7, 11) is 0. The molecule has 0 aromatic heterocycles. The molecule has 1 amide bonds. The molecule has 0 N–H and O–H groups in total. The molecule has 2 aromatic rings. The van der Waals surface area contributed by atoms with Gasteiger partial charge in [0.15, 0.2) is 0 Å². The Morgan fingerprint density at radius 1 is 1.16 bits per heavy atom. The van der Waals surface area contributed by atoms with Gasteiger partial charge in [-0.05, 0) is 32.0 Å². The van der Waals surface area contributed by atoms with E-state index in [0.717, 1.165) is 16.8 Å². The molecule has 0 unspecified atom stereocenters. The molecule has 1 aliphatic rings. The first-order chi connectivity index (χ1) is 12.0. The molecule has 25 heavy (non-hydrogen) atoms. The number of aryl methyl sites for hydroxylation is 1. The van der Waals surface area contributed by atoms with E-state index in [1.807, 2.05) is 62.1 Å². The molecule has 4 heteroatoms. The van der Waals surface area contributed by atoms with Gasteiger partial charge in [0.05, 0.1) is 11.3 Å². The van der Waals surface area contributed by atoms with E-state index in [9.17, 15) is 9.59 Å². The zero-order chi connectivity index (χ0) is 18.0. The first-order valence-electron chi connectivity index (χ1n) is 8.70. The van der Waals surface area contributed by atoms with E-state index >= 15 is 0 Å². The number of rotatable bonds is 3. The monoisotopic (exact) mass is 337 g/mol. The van der Waals surface area contributed by atoms with Crippen LogP contribution in [0.1, 0.15) is 54.3 Å². The molecule has 0 bridgehead atoms. The molecular formula is C21H23NO3. The van der Waals surface area contributed by atoms with E-state index in [2.05, 4.69) is 0 Å². The summed E-state index contributed by atoms with van der Waals surface area (Å²) in [5.41, 5.74) is 3.38. The number of nitrogens with zero attached hydrogens (tertiary/aromatic N) is 1. The Labute approximate surface area is 148 Å². The fraction of sp³-hybridized carbons (Fsp3) is 0.333. The second-order valence-corrected chi connectivity index (χ2v) is 6.52. The summed E-state index contributed by atoms with van der Waals surface area (Å²) in [6, 6.07) is 14.9. The van der Waals surface area contributed by atoms with Crippen molar-refractivity contribution in [3.8, 4) is 0 Å². The van der Waals surface area contributed by atoms with Gasteiger partial charge in [0, 0.05) is 24.4 Å². The maximum atomic E-state index is 12.5. The van der Waals surface area contributed by atoms with E-state index in [-0.39, 0.29) is 24.0 Å². The number of hydrogen-bond acceptors (Lipinski definition) is 3. The van der Waals surface area contributed by atoms with Gasteiger partial charge in [-0.25, -0.2) is 4.79 Å².